The van der Waals surface area contributed by atoms with Crippen LogP contribution in [0.25, 0.3) is 5.65 Å². The van der Waals surface area contributed by atoms with Crippen LogP contribution in [-0.2, 0) is 12.8 Å². The van der Waals surface area contributed by atoms with E-state index in [1.54, 1.807) is 0 Å². The van der Waals surface area contributed by atoms with Gasteiger partial charge in [-0.05, 0) is 57.2 Å². The molecule has 2 heterocycles. The molecule has 1 aliphatic carbocycles. The minimum atomic E-state index is 1.14. The van der Waals surface area contributed by atoms with Crippen molar-refractivity contribution < 1.29 is 0 Å². The molecular weight excluding hydrogens is 196 g/mol. The Bertz CT molecular complexity index is 537. The number of fused-ring (bicyclic) bond motifs is 3. The Balaban J connectivity index is 2.29. The summed E-state index contributed by atoms with van der Waals surface area (Å²) in [4.78, 5) is 4.80. The largest absolute Gasteiger partial charge is 0.301 e. The van der Waals surface area contributed by atoms with E-state index < -0.39 is 0 Å². The van der Waals surface area contributed by atoms with Gasteiger partial charge < -0.3 is 4.40 Å². The summed E-state index contributed by atoms with van der Waals surface area (Å²) in [6, 6.07) is 4.45. The maximum atomic E-state index is 4.80. The van der Waals surface area contributed by atoms with Gasteiger partial charge in [-0.3, -0.25) is 0 Å². The molecule has 0 aliphatic heterocycles. The van der Waals surface area contributed by atoms with Crippen LogP contribution in [0.1, 0.15) is 41.9 Å². The SMILES string of the molecule is Cc1cc(C)n2c3c(nc2c1)CCCCC3. The zero-order chi connectivity index (χ0) is 11.1. The van der Waals surface area contributed by atoms with Crippen molar-refractivity contribution in [2.45, 2.75) is 46.0 Å². The fourth-order valence-electron chi connectivity index (χ4n) is 2.87. The van der Waals surface area contributed by atoms with E-state index in [-0.39, 0.29) is 0 Å². The average molecular weight is 214 g/mol. The Kier molecular flexibility index (Phi) is 2.23. The molecule has 84 valence electrons. The monoisotopic (exact) mass is 214 g/mol. The van der Waals surface area contributed by atoms with Gasteiger partial charge in [0.05, 0.1) is 5.69 Å². The number of imidazole rings is 1. The maximum absolute atomic E-state index is 4.80. The summed E-state index contributed by atoms with van der Waals surface area (Å²) >= 11 is 0. The third-order valence-corrected chi connectivity index (χ3v) is 3.55. The summed E-state index contributed by atoms with van der Waals surface area (Å²) in [7, 11) is 0. The topological polar surface area (TPSA) is 17.3 Å². The van der Waals surface area contributed by atoms with E-state index in [9.17, 15) is 0 Å². The lowest BCUT2D eigenvalue weighted by Gasteiger charge is -2.06. The van der Waals surface area contributed by atoms with Crippen molar-refractivity contribution in [1.82, 2.24) is 9.38 Å². The van der Waals surface area contributed by atoms with Crippen LogP contribution in [-0.4, -0.2) is 9.38 Å². The lowest BCUT2D eigenvalue weighted by molar-refractivity contribution is 0.701. The molecule has 2 aromatic rings. The second-order valence-electron chi connectivity index (χ2n) is 4.93. The molecule has 1 aliphatic rings. The number of nitrogens with zero attached hydrogens (tertiary/aromatic N) is 2. The van der Waals surface area contributed by atoms with Gasteiger partial charge in [-0.15, -0.1) is 0 Å². The Morgan fingerprint density at radius 2 is 1.88 bits per heavy atom. The second kappa shape index (κ2) is 3.62. The van der Waals surface area contributed by atoms with Crippen LogP contribution >= 0.6 is 0 Å². The molecule has 2 heteroatoms. The van der Waals surface area contributed by atoms with Gasteiger partial charge in [0.15, 0.2) is 0 Å². The lowest BCUT2D eigenvalue weighted by Crippen LogP contribution is -1.98. The fraction of sp³-hybridized carbons (Fsp3) is 0.500. The van der Waals surface area contributed by atoms with Gasteiger partial charge in [-0.25, -0.2) is 4.98 Å². The first kappa shape index (κ1) is 9.88. The summed E-state index contributed by atoms with van der Waals surface area (Å²) in [6.07, 6.45) is 6.32. The van der Waals surface area contributed by atoms with E-state index in [4.69, 9.17) is 4.98 Å². The van der Waals surface area contributed by atoms with Gasteiger partial charge >= 0.3 is 0 Å². The Hall–Kier alpha value is -1.31. The molecule has 16 heavy (non-hydrogen) atoms. The third kappa shape index (κ3) is 1.44. The zero-order valence-corrected chi connectivity index (χ0v) is 10.1. The first-order chi connectivity index (χ1) is 7.75. The van der Waals surface area contributed by atoms with Crippen molar-refractivity contribution in [2.24, 2.45) is 0 Å². The van der Waals surface area contributed by atoms with Crippen molar-refractivity contribution in [2.75, 3.05) is 0 Å². The molecule has 0 radical (unpaired) electrons. The highest BCUT2D eigenvalue weighted by Crippen LogP contribution is 2.23. The van der Waals surface area contributed by atoms with E-state index in [2.05, 4.69) is 30.4 Å². The standard InChI is InChI=1S/C14H18N2/c1-10-8-11(2)16-13-7-5-3-4-6-12(13)15-14(16)9-10/h8-9H,3-7H2,1-2H3. The molecule has 0 saturated heterocycles. The van der Waals surface area contributed by atoms with Crippen LogP contribution in [0.3, 0.4) is 0 Å². The molecular formula is C14H18N2. The van der Waals surface area contributed by atoms with Gasteiger partial charge in [0.2, 0.25) is 0 Å². The molecule has 2 aromatic heterocycles. The fourth-order valence-corrected chi connectivity index (χ4v) is 2.87. The summed E-state index contributed by atoms with van der Waals surface area (Å²) in [6.45, 7) is 4.33. The molecule has 0 amide bonds. The molecule has 2 nitrogen and oxygen atoms in total. The van der Waals surface area contributed by atoms with Crippen LogP contribution in [0.5, 0.6) is 0 Å². The van der Waals surface area contributed by atoms with E-state index in [0.717, 1.165) is 12.1 Å². The quantitative estimate of drug-likeness (QED) is 0.615. The smallest absolute Gasteiger partial charge is 0.137 e. The van der Waals surface area contributed by atoms with E-state index in [0.29, 0.717) is 0 Å². The molecule has 0 unspecified atom stereocenters. The van der Waals surface area contributed by atoms with Crippen molar-refractivity contribution in [1.29, 1.82) is 0 Å². The molecule has 0 N–H and O–H groups in total. The predicted molar refractivity (Wildman–Crippen MR) is 65.9 cm³/mol. The van der Waals surface area contributed by atoms with Crippen LogP contribution in [0.15, 0.2) is 12.1 Å². The highest BCUT2D eigenvalue weighted by atomic mass is 15.0. The summed E-state index contributed by atoms with van der Waals surface area (Å²) in [5.74, 6) is 0. The van der Waals surface area contributed by atoms with Crippen molar-refractivity contribution in [3.05, 3.63) is 34.8 Å². The molecule has 0 bridgehead atoms. The van der Waals surface area contributed by atoms with Crippen LogP contribution < -0.4 is 0 Å². The minimum absolute atomic E-state index is 1.14. The van der Waals surface area contributed by atoms with E-state index in [1.807, 2.05) is 0 Å². The van der Waals surface area contributed by atoms with Crippen molar-refractivity contribution in [3.8, 4) is 0 Å². The number of rotatable bonds is 0. The molecule has 0 atom stereocenters. The van der Waals surface area contributed by atoms with Gasteiger partial charge in [0, 0.05) is 11.4 Å². The lowest BCUT2D eigenvalue weighted by atomic mass is 10.2. The van der Waals surface area contributed by atoms with E-state index >= 15 is 0 Å². The number of hydrogen-bond acceptors (Lipinski definition) is 1. The zero-order valence-electron chi connectivity index (χ0n) is 10.1. The summed E-state index contributed by atoms with van der Waals surface area (Å²) < 4.78 is 2.35. The highest BCUT2D eigenvalue weighted by molar-refractivity contribution is 5.48. The minimum Gasteiger partial charge on any atom is -0.301 e. The number of pyridine rings is 1. The third-order valence-electron chi connectivity index (χ3n) is 3.55. The molecule has 0 aromatic carbocycles. The van der Waals surface area contributed by atoms with Crippen molar-refractivity contribution >= 4 is 5.65 Å². The van der Waals surface area contributed by atoms with Gasteiger partial charge in [0.1, 0.15) is 5.65 Å². The summed E-state index contributed by atoms with van der Waals surface area (Å²) in [5.41, 5.74) is 6.58. The number of aryl methyl sites for hydroxylation is 4. The summed E-state index contributed by atoms with van der Waals surface area (Å²) in [5, 5.41) is 0. The Morgan fingerprint density at radius 3 is 2.75 bits per heavy atom. The Morgan fingerprint density at radius 1 is 1.06 bits per heavy atom. The maximum Gasteiger partial charge on any atom is 0.137 e. The van der Waals surface area contributed by atoms with Gasteiger partial charge in [0.25, 0.3) is 0 Å². The first-order valence-corrected chi connectivity index (χ1v) is 6.23. The van der Waals surface area contributed by atoms with Crippen LogP contribution in [0.4, 0.5) is 0 Å². The normalized spacial score (nSPS) is 16.1. The van der Waals surface area contributed by atoms with Crippen LogP contribution in [0, 0.1) is 13.8 Å². The van der Waals surface area contributed by atoms with Gasteiger partial charge in [-0.1, -0.05) is 6.42 Å². The van der Waals surface area contributed by atoms with Gasteiger partial charge in [-0.2, -0.15) is 0 Å². The molecule has 0 fully saturated rings. The predicted octanol–water partition coefficient (Wildman–Crippen LogP) is 3.22. The van der Waals surface area contributed by atoms with Crippen molar-refractivity contribution in [3.63, 3.8) is 0 Å². The van der Waals surface area contributed by atoms with Crippen LogP contribution in [0.2, 0.25) is 0 Å². The number of hydrogen-bond donors (Lipinski definition) is 0. The molecule has 3 rings (SSSR count). The molecule has 0 spiro atoms. The average Bonchev–Trinajstić information content (AvgIpc) is 2.42. The number of aromatic nitrogens is 2. The highest BCUT2D eigenvalue weighted by Gasteiger charge is 2.15. The van der Waals surface area contributed by atoms with E-state index in [1.165, 1.54) is 48.3 Å². The first-order valence-electron chi connectivity index (χ1n) is 6.23. The second-order valence-corrected chi connectivity index (χ2v) is 4.93. The molecule has 0 saturated carbocycles. The Labute approximate surface area is 96.3 Å².